The van der Waals surface area contributed by atoms with Gasteiger partial charge in [0.2, 0.25) is 0 Å². The number of hydrogen-bond donors (Lipinski definition) is 2. The van der Waals surface area contributed by atoms with Gasteiger partial charge in [-0.2, -0.15) is 14.6 Å². The molecule has 0 fully saturated rings. The van der Waals surface area contributed by atoms with Gasteiger partial charge in [0.05, 0.1) is 5.69 Å². The van der Waals surface area contributed by atoms with Gasteiger partial charge in [-0.1, -0.05) is 43.3 Å². The van der Waals surface area contributed by atoms with Crippen LogP contribution in [-0.2, 0) is 6.42 Å². The molecule has 0 saturated carbocycles. The van der Waals surface area contributed by atoms with Crippen LogP contribution < -0.4 is 10.6 Å². The Labute approximate surface area is 189 Å². The first kappa shape index (κ1) is 21.8. The summed E-state index contributed by atoms with van der Waals surface area (Å²) in [6, 6.07) is 11.6. The molecule has 4 rings (SSSR count). The molecule has 2 aromatic carbocycles. The number of anilines is 2. The van der Waals surface area contributed by atoms with Crippen molar-refractivity contribution < 1.29 is 9.18 Å². The summed E-state index contributed by atoms with van der Waals surface area (Å²) in [7, 11) is 0. The number of carbonyl (C=O) groups excluding carboxylic acids is 1. The molecule has 0 bridgehead atoms. The van der Waals surface area contributed by atoms with E-state index in [4.69, 9.17) is 0 Å². The number of hydrogen-bond acceptors (Lipinski definition) is 5. The van der Waals surface area contributed by atoms with Gasteiger partial charge < -0.3 is 10.6 Å². The summed E-state index contributed by atoms with van der Waals surface area (Å²) in [5.74, 6) is 0.168. The number of fused-ring (bicyclic) bond motifs is 1. The highest BCUT2D eigenvalue weighted by atomic mass is 32.2. The van der Waals surface area contributed by atoms with Crippen molar-refractivity contribution in [2.45, 2.75) is 43.5 Å². The lowest BCUT2D eigenvalue weighted by Gasteiger charge is -2.15. The third kappa shape index (κ3) is 4.57. The van der Waals surface area contributed by atoms with E-state index in [1.165, 1.54) is 24.2 Å². The molecule has 0 aliphatic heterocycles. The molecule has 0 saturated heterocycles. The molecule has 0 aliphatic carbocycles. The summed E-state index contributed by atoms with van der Waals surface area (Å²) in [6.07, 6.45) is 3.30. The number of para-hydroxylation sites is 1. The third-order valence-corrected chi connectivity index (χ3v) is 6.14. The quantitative estimate of drug-likeness (QED) is 0.372. The zero-order chi connectivity index (χ0) is 22.7. The van der Waals surface area contributed by atoms with Crippen molar-refractivity contribution in [3.8, 4) is 0 Å². The van der Waals surface area contributed by atoms with Crippen LogP contribution in [0, 0.1) is 19.7 Å². The minimum absolute atomic E-state index is 0.368. The molecule has 2 aromatic heterocycles. The van der Waals surface area contributed by atoms with Crippen molar-refractivity contribution in [1.29, 1.82) is 0 Å². The molecule has 0 aliphatic rings. The second kappa shape index (κ2) is 9.35. The first-order chi connectivity index (χ1) is 15.5. The summed E-state index contributed by atoms with van der Waals surface area (Å²) in [5.41, 5.74) is 3.56. The molecule has 0 spiro atoms. The maximum atomic E-state index is 13.8. The molecule has 7 nitrogen and oxygen atoms in total. The van der Waals surface area contributed by atoms with Crippen molar-refractivity contribution >= 4 is 34.9 Å². The molecule has 4 aromatic rings. The SMILES string of the molecule is CCCc1c(C)nc2ncnn2c1Sc1ccccc1NC(=O)Nc1ccc(C)c(F)c1. The number of aromatic nitrogens is 4. The standard InChI is InChI=1S/C23H23FN6OS/c1-4-7-17-15(3)27-22-25-13-26-30(22)21(17)32-20-9-6-5-8-19(20)29-23(31)28-16-11-10-14(2)18(24)12-16/h5-6,8-13H,4,7H2,1-3H3,(H2,28,29,31). The van der Waals surface area contributed by atoms with Crippen molar-refractivity contribution in [3.63, 3.8) is 0 Å². The minimum atomic E-state index is -0.452. The molecule has 0 unspecified atom stereocenters. The molecule has 32 heavy (non-hydrogen) atoms. The number of urea groups is 1. The van der Waals surface area contributed by atoms with Gasteiger partial charge in [0.1, 0.15) is 17.2 Å². The molecule has 2 amide bonds. The number of halogens is 1. The number of nitrogens with one attached hydrogen (secondary N) is 2. The lowest BCUT2D eigenvalue weighted by Crippen LogP contribution is -2.20. The number of nitrogens with zero attached hydrogens (tertiary/aromatic N) is 4. The third-order valence-electron chi connectivity index (χ3n) is 4.96. The van der Waals surface area contributed by atoms with Crippen LogP contribution in [0.5, 0.6) is 0 Å². The Bertz CT molecular complexity index is 1290. The largest absolute Gasteiger partial charge is 0.323 e. The van der Waals surface area contributed by atoms with E-state index in [9.17, 15) is 9.18 Å². The van der Waals surface area contributed by atoms with Gasteiger partial charge in [-0.25, -0.2) is 14.2 Å². The molecule has 2 N–H and O–H groups in total. The van der Waals surface area contributed by atoms with E-state index in [1.54, 1.807) is 23.6 Å². The summed E-state index contributed by atoms with van der Waals surface area (Å²) in [5, 5.41) is 10.8. The van der Waals surface area contributed by atoms with E-state index in [-0.39, 0.29) is 5.82 Å². The van der Waals surface area contributed by atoms with Crippen LogP contribution >= 0.6 is 11.8 Å². The van der Waals surface area contributed by atoms with Crippen LogP contribution in [0.15, 0.2) is 58.7 Å². The molecular formula is C23H23FN6OS. The fourth-order valence-corrected chi connectivity index (χ4v) is 4.49. The van der Waals surface area contributed by atoms with Crippen LogP contribution in [-0.4, -0.2) is 25.6 Å². The highest BCUT2D eigenvalue weighted by Crippen LogP contribution is 2.36. The topological polar surface area (TPSA) is 84.2 Å². The first-order valence-corrected chi connectivity index (χ1v) is 11.1. The van der Waals surface area contributed by atoms with Crippen LogP contribution in [0.4, 0.5) is 20.6 Å². The lowest BCUT2D eigenvalue weighted by atomic mass is 10.1. The Balaban J connectivity index is 1.62. The van der Waals surface area contributed by atoms with Gasteiger partial charge in [0.25, 0.3) is 5.78 Å². The molecule has 2 heterocycles. The van der Waals surface area contributed by atoms with E-state index in [0.29, 0.717) is 22.7 Å². The van der Waals surface area contributed by atoms with E-state index >= 15 is 0 Å². The van der Waals surface area contributed by atoms with Gasteiger partial charge in [-0.15, -0.1) is 0 Å². The van der Waals surface area contributed by atoms with Gasteiger partial charge in [0.15, 0.2) is 0 Å². The zero-order valence-electron chi connectivity index (χ0n) is 18.0. The maximum Gasteiger partial charge on any atom is 0.323 e. The summed E-state index contributed by atoms with van der Waals surface area (Å²) in [6.45, 7) is 5.77. The average Bonchev–Trinajstić information content (AvgIpc) is 3.22. The second-order valence-electron chi connectivity index (χ2n) is 7.34. The predicted octanol–water partition coefficient (Wildman–Crippen LogP) is 5.63. The molecule has 164 valence electrons. The smallest absolute Gasteiger partial charge is 0.308 e. The highest BCUT2D eigenvalue weighted by molar-refractivity contribution is 7.99. The average molecular weight is 451 g/mol. The van der Waals surface area contributed by atoms with E-state index < -0.39 is 6.03 Å². The fraction of sp³-hybridized carbons (Fsp3) is 0.217. The Morgan fingerprint density at radius 2 is 1.97 bits per heavy atom. The van der Waals surface area contributed by atoms with E-state index in [1.807, 2.05) is 31.2 Å². The zero-order valence-corrected chi connectivity index (χ0v) is 18.8. The van der Waals surface area contributed by atoms with Crippen LogP contribution in [0.1, 0.15) is 30.2 Å². The first-order valence-electron chi connectivity index (χ1n) is 10.3. The number of benzene rings is 2. The normalized spacial score (nSPS) is 11.0. The predicted molar refractivity (Wildman–Crippen MR) is 124 cm³/mol. The Morgan fingerprint density at radius 3 is 2.75 bits per heavy atom. The van der Waals surface area contributed by atoms with Crippen LogP contribution in [0.3, 0.4) is 0 Å². The van der Waals surface area contributed by atoms with E-state index in [2.05, 4.69) is 32.6 Å². The summed E-state index contributed by atoms with van der Waals surface area (Å²) >= 11 is 1.50. The maximum absolute atomic E-state index is 13.8. The molecule has 0 atom stereocenters. The van der Waals surface area contributed by atoms with Crippen LogP contribution in [0.25, 0.3) is 5.78 Å². The van der Waals surface area contributed by atoms with Gasteiger partial charge >= 0.3 is 6.03 Å². The second-order valence-corrected chi connectivity index (χ2v) is 8.37. The number of rotatable bonds is 6. The number of aryl methyl sites for hydroxylation is 2. The number of amides is 2. The summed E-state index contributed by atoms with van der Waals surface area (Å²) < 4.78 is 15.5. The highest BCUT2D eigenvalue weighted by Gasteiger charge is 2.17. The molecule has 0 radical (unpaired) electrons. The van der Waals surface area contributed by atoms with Gasteiger partial charge in [0, 0.05) is 21.8 Å². The Morgan fingerprint density at radius 1 is 1.16 bits per heavy atom. The fourth-order valence-electron chi connectivity index (χ4n) is 3.32. The van der Waals surface area contributed by atoms with E-state index in [0.717, 1.165) is 34.0 Å². The van der Waals surface area contributed by atoms with Crippen molar-refractivity contribution in [1.82, 2.24) is 19.6 Å². The van der Waals surface area contributed by atoms with Crippen molar-refractivity contribution in [2.24, 2.45) is 0 Å². The molecule has 9 heteroatoms. The van der Waals surface area contributed by atoms with Crippen LogP contribution in [0.2, 0.25) is 0 Å². The lowest BCUT2D eigenvalue weighted by molar-refractivity contribution is 0.262. The minimum Gasteiger partial charge on any atom is -0.308 e. The summed E-state index contributed by atoms with van der Waals surface area (Å²) in [4.78, 5) is 22.2. The van der Waals surface area contributed by atoms with Crippen molar-refractivity contribution in [2.75, 3.05) is 10.6 Å². The number of carbonyl (C=O) groups is 1. The Hall–Kier alpha value is -3.46. The van der Waals surface area contributed by atoms with Crippen molar-refractivity contribution in [3.05, 3.63) is 71.4 Å². The monoisotopic (exact) mass is 450 g/mol. The van der Waals surface area contributed by atoms with Gasteiger partial charge in [-0.3, -0.25) is 0 Å². The Kier molecular flexibility index (Phi) is 6.36. The molecular weight excluding hydrogens is 427 g/mol. The van der Waals surface area contributed by atoms with Gasteiger partial charge in [-0.05, 0) is 50.1 Å².